The molecule has 1 atom stereocenters. The van der Waals surface area contributed by atoms with Gasteiger partial charge in [-0.05, 0) is 48.2 Å². The maximum atomic E-state index is 15.2. The summed E-state index contributed by atoms with van der Waals surface area (Å²) in [5.74, 6) is -8.32. The van der Waals surface area contributed by atoms with E-state index in [0.717, 1.165) is 13.0 Å². The molecule has 0 amide bonds. The Bertz CT molecular complexity index is 1030. The number of nitriles is 1. The highest BCUT2D eigenvalue weighted by atomic mass is 19.4. The maximum Gasteiger partial charge on any atom is 0.457 e. The summed E-state index contributed by atoms with van der Waals surface area (Å²) in [6.07, 6.45) is -13.9. The number of nitrogens with zero attached hydrogens (tertiary/aromatic N) is 1. The Labute approximate surface area is 169 Å². The predicted molar refractivity (Wildman–Crippen MR) is 89.3 cm³/mol. The van der Waals surface area contributed by atoms with Gasteiger partial charge < -0.3 is 0 Å². The average Bonchev–Trinajstić information content (AvgIpc) is 2.64. The molecule has 0 bridgehead atoms. The molecule has 0 saturated heterocycles. The van der Waals surface area contributed by atoms with Gasteiger partial charge in [-0.1, -0.05) is 19.1 Å². The third kappa shape index (κ3) is 3.83. The topological polar surface area (TPSA) is 23.8 Å². The van der Waals surface area contributed by atoms with Crippen LogP contribution in [0.15, 0.2) is 24.3 Å². The van der Waals surface area contributed by atoms with E-state index in [1.807, 2.05) is 0 Å². The first kappa shape index (κ1) is 24.5. The fourth-order valence-electron chi connectivity index (χ4n) is 3.11. The number of halogens is 10. The van der Waals surface area contributed by atoms with Crippen molar-refractivity contribution >= 4 is 0 Å². The van der Waals surface area contributed by atoms with Crippen LogP contribution in [0.5, 0.6) is 0 Å². The van der Waals surface area contributed by atoms with Crippen LogP contribution >= 0.6 is 0 Å². The molecule has 0 spiro atoms. The van der Waals surface area contributed by atoms with E-state index in [9.17, 15) is 39.5 Å². The van der Waals surface area contributed by atoms with Crippen LogP contribution in [0.1, 0.15) is 29.2 Å². The molecule has 2 rings (SSSR count). The molecule has 0 aliphatic carbocycles. The number of rotatable bonds is 4. The molecular formula is C20H12F10N. The van der Waals surface area contributed by atoms with E-state index in [-0.39, 0.29) is 23.6 Å². The molecular weight excluding hydrogens is 444 g/mol. The van der Waals surface area contributed by atoms with Crippen molar-refractivity contribution in [3.05, 3.63) is 58.4 Å². The van der Waals surface area contributed by atoms with E-state index in [1.54, 1.807) is 0 Å². The van der Waals surface area contributed by atoms with E-state index in [0.29, 0.717) is 12.1 Å². The third-order valence-corrected chi connectivity index (χ3v) is 4.55. The van der Waals surface area contributed by atoms with E-state index in [4.69, 9.17) is 5.26 Å². The van der Waals surface area contributed by atoms with Crippen molar-refractivity contribution in [2.24, 2.45) is 0 Å². The molecule has 1 radical (unpaired) electrons. The summed E-state index contributed by atoms with van der Waals surface area (Å²) < 4.78 is 138. The Kier molecular flexibility index (Phi) is 6.11. The Morgan fingerprint density at radius 3 is 1.94 bits per heavy atom. The van der Waals surface area contributed by atoms with Crippen molar-refractivity contribution in [3.8, 4) is 17.2 Å². The first-order valence-electron chi connectivity index (χ1n) is 8.49. The van der Waals surface area contributed by atoms with Gasteiger partial charge in [-0.25, -0.2) is 8.78 Å². The number of aryl methyl sites for hydroxylation is 2. The summed E-state index contributed by atoms with van der Waals surface area (Å²) in [4.78, 5) is 0. The average molecular weight is 456 g/mol. The van der Waals surface area contributed by atoms with Crippen LogP contribution in [0.25, 0.3) is 11.1 Å². The van der Waals surface area contributed by atoms with Crippen molar-refractivity contribution in [2.75, 3.05) is 0 Å². The van der Waals surface area contributed by atoms with Gasteiger partial charge in [-0.2, -0.15) is 40.4 Å². The molecule has 31 heavy (non-hydrogen) atoms. The summed E-state index contributed by atoms with van der Waals surface area (Å²) in [5, 5.41) is 8.79. The van der Waals surface area contributed by atoms with Crippen LogP contribution in [0.2, 0.25) is 0 Å². The summed E-state index contributed by atoms with van der Waals surface area (Å²) in [6, 6.07) is 6.25. The van der Waals surface area contributed by atoms with Crippen molar-refractivity contribution in [1.82, 2.24) is 0 Å². The van der Waals surface area contributed by atoms with E-state index in [1.165, 1.54) is 13.0 Å². The number of hydrogen-bond acceptors (Lipinski definition) is 1. The first-order chi connectivity index (χ1) is 14.0. The zero-order valence-electron chi connectivity index (χ0n) is 15.7. The molecule has 0 aliphatic rings. The first-order valence-corrected chi connectivity index (χ1v) is 8.49. The minimum atomic E-state index is -6.92. The quantitative estimate of drug-likeness (QED) is 0.457. The van der Waals surface area contributed by atoms with Gasteiger partial charge in [0, 0.05) is 11.1 Å². The molecule has 167 valence electrons. The predicted octanol–water partition coefficient (Wildman–Crippen LogP) is 6.96. The minimum Gasteiger partial charge on any atom is -0.221 e. The lowest BCUT2D eigenvalue weighted by Gasteiger charge is -2.37. The molecule has 0 heterocycles. The monoisotopic (exact) mass is 456 g/mol. The second-order valence-corrected chi connectivity index (χ2v) is 6.61. The van der Waals surface area contributed by atoms with Gasteiger partial charge in [0.15, 0.2) is 0 Å². The normalized spacial score (nSPS) is 14.8. The van der Waals surface area contributed by atoms with Gasteiger partial charge in [-0.15, -0.1) is 0 Å². The van der Waals surface area contributed by atoms with Crippen molar-refractivity contribution in [3.63, 3.8) is 0 Å². The van der Waals surface area contributed by atoms with E-state index in [2.05, 4.69) is 6.07 Å². The molecule has 0 aliphatic heterocycles. The minimum absolute atomic E-state index is 0.138. The van der Waals surface area contributed by atoms with Crippen LogP contribution in [-0.2, 0) is 12.1 Å². The fourth-order valence-corrected chi connectivity index (χ4v) is 3.11. The lowest BCUT2D eigenvalue weighted by molar-refractivity contribution is -0.389. The Hall–Kier alpha value is -2.77. The third-order valence-electron chi connectivity index (χ3n) is 4.55. The lowest BCUT2D eigenvalue weighted by atomic mass is 9.79. The number of hydrogen-bond donors (Lipinski definition) is 0. The van der Waals surface area contributed by atoms with Crippen LogP contribution in [-0.4, -0.2) is 18.3 Å². The smallest absolute Gasteiger partial charge is 0.221 e. The summed E-state index contributed by atoms with van der Waals surface area (Å²) in [6.45, 7) is 2.31. The standard InChI is InChI=1S/C20H12F10N/c1-3-12-6-10(2)7-14(16(12)13-5-4-11(9-31)8-15(13)21)17(22,19(25,26)27)18(23,24)20(28,29)30/h4-5,7-8H,3H2,1-2H3. The molecule has 2 aromatic carbocycles. The van der Waals surface area contributed by atoms with E-state index < -0.39 is 52.0 Å². The SMILES string of the molecule is CCc1[c]c(C)cc(C(F)(C(F)(F)F)C(F)(F)C(F)(F)F)c1-c1ccc(C#N)cc1F. The van der Waals surface area contributed by atoms with Gasteiger partial charge in [0.2, 0.25) is 0 Å². The van der Waals surface area contributed by atoms with Crippen molar-refractivity contribution in [1.29, 1.82) is 5.26 Å². The second kappa shape index (κ2) is 7.73. The molecule has 0 aromatic heterocycles. The van der Waals surface area contributed by atoms with Crippen LogP contribution < -0.4 is 0 Å². The molecule has 0 saturated carbocycles. The number of benzene rings is 2. The Morgan fingerprint density at radius 1 is 0.935 bits per heavy atom. The van der Waals surface area contributed by atoms with Crippen molar-refractivity contribution < 1.29 is 43.9 Å². The maximum absolute atomic E-state index is 15.2. The largest absolute Gasteiger partial charge is 0.457 e. The van der Waals surface area contributed by atoms with Crippen molar-refractivity contribution in [2.45, 2.75) is 44.2 Å². The summed E-state index contributed by atoms with van der Waals surface area (Å²) in [7, 11) is 0. The highest BCUT2D eigenvalue weighted by Crippen LogP contribution is 2.60. The second-order valence-electron chi connectivity index (χ2n) is 6.61. The zero-order chi connectivity index (χ0) is 24.0. The number of alkyl halides is 9. The van der Waals surface area contributed by atoms with E-state index >= 15 is 4.39 Å². The van der Waals surface area contributed by atoms with Crippen LogP contribution in [0.3, 0.4) is 0 Å². The van der Waals surface area contributed by atoms with Gasteiger partial charge in [-0.3, -0.25) is 0 Å². The highest BCUT2D eigenvalue weighted by Gasteiger charge is 2.82. The lowest BCUT2D eigenvalue weighted by Crippen LogP contribution is -2.60. The van der Waals surface area contributed by atoms with Gasteiger partial charge >= 0.3 is 23.9 Å². The van der Waals surface area contributed by atoms with Crippen LogP contribution in [0.4, 0.5) is 43.9 Å². The highest BCUT2D eigenvalue weighted by molar-refractivity contribution is 5.74. The fraction of sp³-hybridized carbons (Fsp3) is 0.350. The molecule has 11 heteroatoms. The summed E-state index contributed by atoms with van der Waals surface area (Å²) in [5.41, 5.74) is -11.4. The Morgan fingerprint density at radius 2 is 1.52 bits per heavy atom. The molecule has 1 nitrogen and oxygen atoms in total. The van der Waals surface area contributed by atoms with Crippen LogP contribution in [0, 0.1) is 30.1 Å². The van der Waals surface area contributed by atoms with Gasteiger partial charge in [0.1, 0.15) is 5.82 Å². The van der Waals surface area contributed by atoms with Gasteiger partial charge in [0.05, 0.1) is 11.6 Å². The Balaban J connectivity index is 3.09. The summed E-state index contributed by atoms with van der Waals surface area (Å²) >= 11 is 0. The zero-order valence-corrected chi connectivity index (χ0v) is 15.7. The molecule has 1 unspecified atom stereocenters. The molecule has 0 fully saturated rings. The molecule has 2 aromatic rings. The van der Waals surface area contributed by atoms with Gasteiger partial charge in [0.25, 0.3) is 0 Å². The molecule has 0 N–H and O–H groups in total.